The lowest BCUT2D eigenvalue weighted by atomic mass is 10.0. The molecule has 0 radical (unpaired) electrons. The summed E-state index contributed by atoms with van der Waals surface area (Å²) in [6, 6.07) is 23.5. The van der Waals surface area contributed by atoms with Crippen molar-refractivity contribution in [1.29, 1.82) is 0 Å². The molecule has 0 bridgehead atoms. The molecule has 4 rings (SSSR count). The number of aromatic nitrogens is 1. The van der Waals surface area contributed by atoms with Crippen LogP contribution in [0.25, 0.3) is 34.0 Å². The van der Waals surface area contributed by atoms with Gasteiger partial charge in [0.15, 0.2) is 0 Å². The maximum atomic E-state index is 11.7. The Balaban J connectivity index is 1.69. The Morgan fingerprint density at radius 1 is 0.893 bits per heavy atom. The monoisotopic (exact) mass is 367 g/mol. The molecular weight excluding hydrogens is 346 g/mol. The molecule has 0 spiro atoms. The number of amides is 1. The van der Waals surface area contributed by atoms with Gasteiger partial charge in [0.25, 0.3) is 0 Å². The highest BCUT2D eigenvalue weighted by molar-refractivity contribution is 6.04. The number of carbonyl (C=O) groups is 1. The van der Waals surface area contributed by atoms with Crippen LogP contribution in [0, 0.1) is 0 Å². The second-order valence-electron chi connectivity index (χ2n) is 6.79. The first-order chi connectivity index (χ1) is 13.6. The summed E-state index contributed by atoms with van der Waals surface area (Å²) < 4.78 is 0. The molecule has 0 fully saturated rings. The van der Waals surface area contributed by atoms with Gasteiger partial charge < -0.3 is 11.1 Å². The molecule has 138 valence electrons. The summed E-state index contributed by atoms with van der Waals surface area (Å²) >= 11 is 0. The quantitative estimate of drug-likeness (QED) is 0.507. The largest absolute Gasteiger partial charge is 0.325 e. The highest BCUT2D eigenvalue weighted by Crippen LogP contribution is 2.27. The lowest BCUT2D eigenvalue weighted by Crippen LogP contribution is -2.32. The van der Waals surface area contributed by atoms with E-state index in [-0.39, 0.29) is 5.91 Å². The number of para-hydroxylation sites is 2. The number of benzene rings is 3. The second-order valence-corrected chi connectivity index (χ2v) is 6.79. The van der Waals surface area contributed by atoms with E-state index in [1.807, 2.05) is 60.7 Å². The maximum Gasteiger partial charge on any atom is 0.240 e. The highest BCUT2D eigenvalue weighted by Gasteiger charge is 2.07. The van der Waals surface area contributed by atoms with Gasteiger partial charge in [0.1, 0.15) is 0 Å². The van der Waals surface area contributed by atoms with E-state index in [4.69, 9.17) is 10.7 Å². The minimum Gasteiger partial charge on any atom is -0.325 e. The summed E-state index contributed by atoms with van der Waals surface area (Å²) in [7, 11) is 0. The Morgan fingerprint density at radius 3 is 2.04 bits per heavy atom. The number of fused-ring (bicyclic) bond motifs is 2. The third kappa shape index (κ3) is 3.63. The van der Waals surface area contributed by atoms with Crippen molar-refractivity contribution in [2.45, 2.75) is 13.0 Å². The number of nitrogens with zero attached hydrogens (tertiary/aromatic N) is 1. The number of nitrogens with one attached hydrogen (secondary N) is 1. The number of hydrogen-bond donors (Lipinski definition) is 2. The average molecular weight is 367 g/mol. The van der Waals surface area contributed by atoms with E-state index in [0.29, 0.717) is 0 Å². The van der Waals surface area contributed by atoms with E-state index in [9.17, 15) is 4.79 Å². The summed E-state index contributed by atoms with van der Waals surface area (Å²) in [5, 5.41) is 5.04. The Bertz CT molecular complexity index is 1120. The smallest absolute Gasteiger partial charge is 0.240 e. The molecule has 1 aromatic heterocycles. The van der Waals surface area contributed by atoms with Gasteiger partial charge in [-0.25, -0.2) is 4.98 Å². The minimum atomic E-state index is -0.534. The number of rotatable bonds is 4. The molecule has 3 N–H and O–H groups in total. The summed E-state index contributed by atoms with van der Waals surface area (Å²) in [5.74, 6) is -0.196. The highest BCUT2D eigenvalue weighted by atomic mass is 16.2. The third-order valence-electron chi connectivity index (χ3n) is 4.66. The summed E-state index contributed by atoms with van der Waals surface area (Å²) in [4.78, 5) is 16.5. The first-order valence-corrected chi connectivity index (χ1v) is 9.24. The molecule has 1 heterocycles. The molecule has 4 aromatic rings. The van der Waals surface area contributed by atoms with Gasteiger partial charge in [0, 0.05) is 16.5 Å². The third-order valence-corrected chi connectivity index (χ3v) is 4.66. The minimum absolute atomic E-state index is 0.196. The Hall–Kier alpha value is -3.50. The van der Waals surface area contributed by atoms with Crippen LogP contribution in [0.5, 0.6) is 0 Å². The molecule has 0 aliphatic carbocycles. The van der Waals surface area contributed by atoms with Gasteiger partial charge in [0.05, 0.1) is 17.1 Å². The summed E-state index contributed by atoms with van der Waals surface area (Å²) in [6.45, 7) is 1.66. The molecular formula is C24H21N3O. The number of nitrogens with two attached hydrogens (primary N) is 1. The van der Waals surface area contributed by atoms with Gasteiger partial charge in [-0.05, 0) is 42.3 Å². The lowest BCUT2D eigenvalue weighted by Gasteiger charge is -2.08. The van der Waals surface area contributed by atoms with E-state index in [1.54, 1.807) is 6.92 Å². The molecule has 0 aliphatic heterocycles. The molecule has 0 unspecified atom stereocenters. The molecule has 3 aromatic carbocycles. The van der Waals surface area contributed by atoms with E-state index in [2.05, 4.69) is 29.6 Å². The molecule has 4 nitrogen and oxygen atoms in total. The fourth-order valence-corrected chi connectivity index (χ4v) is 3.17. The van der Waals surface area contributed by atoms with Gasteiger partial charge in [-0.1, -0.05) is 60.7 Å². The van der Waals surface area contributed by atoms with E-state index in [1.165, 1.54) is 0 Å². The molecule has 4 heteroatoms. The van der Waals surface area contributed by atoms with Gasteiger partial charge in [-0.15, -0.1) is 0 Å². The molecule has 0 saturated heterocycles. The number of hydrogen-bond acceptors (Lipinski definition) is 3. The van der Waals surface area contributed by atoms with Crippen LogP contribution in [0.1, 0.15) is 18.1 Å². The molecule has 0 saturated carbocycles. The zero-order valence-electron chi connectivity index (χ0n) is 15.6. The molecule has 1 atom stereocenters. The van der Waals surface area contributed by atoms with Crippen LogP contribution in [0.3, 0.4) is 0 Å². The van der Waals surface area contributed by atoms with E-state index < -0.39 is 6.04 Å². The van der Waals surface area contributed by atoms with Crippen LogP contribution in [-0.2, 0) is 4.79 Å². The topological polar surface area (TPSA) is 68.0 Å². The SMILES string of the molecule is C[C@H](N)C(=O)Nc1ccc(C=Cc2c3ccccc3nc3ccccc23)cc1. The lowest BCUT2D eigenvalue weighted by molar-refractivity contribution is -0.117. The fourth-order valence-electron chi connectivity index (χ4n) is 3.17. The van der Waals surface area contributed by atoms with Gasteiger partial charge >= 0.3 is 0 Å². The summed E-state index contributed by atoms with van der Waals surface area (Å²) in [6.07, 6.45) is 4.20. The standard InChI is InChI=1S/C24H21N3O/c1-16(25)24(28)26-18-13-10-17(11-14-18)12-15-19-20-6-2-4-8-22(20)27-23-9-5-3-7-21(19)23/h2-16H,25H2,1H3,(H,26,28)/t16-/m0/s1. The van der Waals surface area contributed by atoms with Crippen LogP contribution >= 0.6 is 0 Å². The van der Waals surface area contributed by atoms with Gasteiger partial charge in [0.2, 0.25) is 5.91 Å². The van der Waals surface area contributed by atoms with Crippen LogP contribution in [0.2, 0.25) is 0 Å². The zero-order valence-corrected chi connectivity index (χ0v) is 15.6. The van der Waals surface area contributed by atoms with Crippen LogP contribution in [0.15, 0.2) is 72.8 Å². The van der Waals surface area contributed by atoms with Crippen molar-refractivity contribution in [3.05, 3.63) is 83.9 Å². The average Bonchev–Trinajstić information content (AvgIpc) is 2.72. The first kappa shape index (κ1) is 17.9. The Labute approximate surface area is 163 Å². The number of carbonyl (C=O) groups excluding carboxylic acids is 1. The number of anilines is 1. The van der Waals surface area contributed by atoms with Crippen molar-refractivity contribution in [1.82, 2.24) is 4.98 Å². The van der Waals surface area contributed by atoms with Gasteiger partial charge in [-0.2, -0.15) is 0 Å². The fraction of sp³-hybridized carbons (Fsp3) is 0.0833. The predicted octanol–water partition coefficient (Wildman–Crippen LogP) is 4.84. The molecule has 28 heavy (non-hydrogen) atoms. The van der Waals surface area contributed by atoms with Crippen molar-refractivity contribution >= 4 is 45.6 Å². The zero-order chi connectivity index (χ0) is 19.5. The van der Waals surface area contributed by atoms with E-state index >= 15 is 0 Å². The Kier molecular flexibility index (Phi) is 4.87. The number of pyridine rings is 1. The van der Waals surface area contributed by atoms with Crippen molar-refractivity contribution in [2.24, 2.45) is 5.73 Å². The summed E-state index contributed by atoms with van der Waals surface area (Å²) in [5.41, 5.74) is 10.5. The Morgan fingerprint density at radius 2 is 1.46 bits per heavy atom. The van der Waals surface area contributed by atoms with Crippen LogP contribution in [-0.4, -0.2) is 16.9 Å². The van der Waals surface area contributed by atoms with Crippen molar-refractivity contribution in [2.75, 3.05) is 5.32 Å². The van der Waals surface area contributed by atoms with Crippen molar-refractivity contribution < 1.29 is 4.79 Å². The van der Waals surface area contributed by atoms with E-state index in [0.717, 1.165) is 38.6 Å². The normalized spacial score (nSPS) is 12.5. The van der Waals surface area contributed by atoms with Crippen LogP contribution in [0.4, 0.5) is 5.69 Å². The predicted molar refractivity (Wildman–Crippen MR) is 117 cm³/mol. The molecule has 1 amide bonds. The van der Waals surface area contributed by atoms with Crippen LogP contribution < -0.4 is 11.1 Å². The van der Waals surface area contributed by atoms with Crippen molar-refractivity contribution in [3.63, 3.8) is 0 Å². The molecule has 0 aliphatic rings. The maximum absolute atomic E-state index is 11.7. The first-order valence-electron chi connectivity index (χ1n) is 9.24. The second kappa shape index (κ2) is 7.62. The van der Waals surface area contributed by atoms with Crippen molar-refractivity contribution in [3.8, 4) is 0 Å². The van der Waals surface area contributed by atoms with Gasteiger partial charge in [-0.3, -0.25) is 4.79 Å².